The summed E-state index contributed by atoms with van der Waals surface area (Å²) in [5.74, 6) is 1.85. The van der Waals surface area contributed by atoms with Crippen molar-refractivity contribution in [3.8, 4) is 11.5 Å². The molecule has 0 aliphatic rings. The third-order valence-electron chi connectivity index (χ3n) is 4.21. The monoisotopic (exact) mass is 405 g/mol. The van der Waals surface area contributed by atoms with Crippen LogP contribution in [-0.2, 0) is 18.7 Å². The fourth-order valence-corrected chi connectivity index (χ4v) is 3.37. The molecule has 2 rings (SSSR count). The Morgan fingerprint density at radius 3 is 2.71 bits per heavy atom. The van der Waals surface area contributed by atoms with Gasteiger partial charge in [0, 0.05) is 18.8 Å². The molecule has 0 saturated carbocycles. The molecule has 0 heterocycles. The van der Waals surface area contributed by atoms with Crippen molar-refractivity contribution in [3.05, 3.63) is 58.9 Å². The summed E-state index contributed by atoms with van der Waals surface area (Å²) in [6.07, 6.45) is 2.62. The summed E-state index contributed by atoms with van der Waals surface area (Å²) < 4.78 is 18.6. The molecule has 0 radical (unpaired) electrons. The summed E-state index contributed by atoms with van der Waals surface area (Å²) in [4.78, 5) is 4.62. The standard InChI is InChI=1S/C21H28FN3O2S/c1-4-23-21(24-11-10-15-6-5-7-19(27-2)20(15)26)25-13-16-8-9-18(22)12-17(16)14-28-3/h5-9,12,26H,4,10-11,13-14H2,1-3H3,(H2,23,24,25). The topological polar surface area (TPSA) is 65.9 Å². The smallest absolute Gasteiger partial charge is 0.191 e. The van der Waals surface area contributed by atoms with Crippen molar-refractivity contribution in [1.29, 1.82) is 0 Å². The quantitative estimate of drug-likeness (QED) is 0.439. The van der Waals surface area contributed by atoms with Crippen molar-refractivity contribution < 1.29 is 14.2 Å². The van der Waals surface area contributed by atoms with Crippen LogP contribution in [0.5, 0.6) is 11.5 Å². The molecule has 0 bridgehead atoms. The van der Waals surface area contributed by atoms with Gasteiger partial charge in [0.1, 0.15) is 5.82 Å². The Kier molecular flexibility index (Phi) is 8.94. The van der Waals surface area contributed by atoms with Gasteiger partial charge in [-0.1, -0.05) is 18.2 Å². The SMILES string of the molecule is CCNC(=NCc1ccc(F)cc1CSC)NCCc1cccc(OC)c1O. The Morgan fingerprint density at radius 2 is 2.00 bits per heavy atom. The number of phenolic OH excluding ortho intramolecular Hbond substituents is 1. The van der Waals surface area contributed by atoms with Crippen LogP contribution in [0.25, 0.3) is 0 Å². The molecule has 0 aromatic heterocycles. The molecule has 3 N–H and O–H groups in total. The van der Waals surface area contributed by atoms with Gasteiger partial charge in [-0.3, -0.25) is 0 Å². The molecular weight excluding hydrogens is 377 g/mol. The molecule has 0 fully saturated rings. The van der Waals surface area contributed by atoms with Gasteiger partial charge in [-0.2, -0.15) is 11.8 Å². The lowest BCUT2D eigenvalue weighted by Gasteiger charge is -2.13. The lowest BCUT2D eigenvalue weighted by Crippen LogP contribution is -2.38. The Bertz CT molecular complexity index is 799. The van der Waals surface area contributed by atoms with Gasteiger partial charge in [-0.05, 0) is 54.5 Å². The number of aromatic hydroxyl groups is 1. The first-order chi connectivity index (χ1) is 13.6. The molecule has 0 spiro atoms. The third kappa shape index (κ3) is 6.34. The Hall–Kier alpha value is -2.41. The van der Waals surface area contributed by atoms with E-state index in [1.165, 1.54) is 13.2 Å². The molecule has 2 aromatic rings. The molecular formula is C21H28FN3O2S. The number of thioether (sulfide) groups is 1. The van der Waals surface area contributed by atoms with Crippen LogP contribution in [0.4, 0.5) is 4.39 Å². The maximum absolute atomic E-state index is 13.5. The second-order valence-corrected chi connectivity index (χ2v) is 7.05. The highest BCUT2D eigenvalue weighted by atomic mass is 32.2. The van der Waals surface area contributed by atoms with Crippen LogP contribution in [0.1, 0.15) is 23.6 Å². The van der Waals surface area contributed by atoms with Gasteiger partial charge in [0.25, 0.3) is 0 Å². The number of para-hydroxylation sites is 1. The first-order valence-electron chi connectivity index (χ1n) is 9.22. The van der Waals surface area contributed by atoms with Gasteiger partial charge >= 0.3 is 0 Å². The highest BCUT2D eigenvalue weighted by molar-refractivity contribution is 7.97. The molecule has 0 unspecified atom stereocenters. The van der Waals surface area contributed by atoms with E-state index < -0.39 is 0 Å². The van der Waals surface area contributed by atoms with Crippen LogP contribution in [0.15, 0.2) is 41.4 Å². The number of benzene rings is 2. The van der Waals surface area contributed by atoms with Crippen molar-refractivity contribution in [2.75, 3.05) is 26.5 Å². The van der Waals surface area contributed by atoms with E-state index in [4.69, 9.17) is 4.74 Å². The molecule has 0 amide bonds. The van der Waals surface area contributed by atoms with Crippen molar-refractivity contribution in [2.24, 2.45) is 4.99 Å². The fourth-order valence-electron chi connectivity index (χ4n) is 2.79. The van der Waals surface area contributed by atoms with Gasteiger partial charge in [0.2, 0.25) is 0 Å². The highest BCUT2D eigenvalue weighted by Gasteiger charge is 2.08. The summed E-state index contributed by atoms with van der Waals surface area (Å²) in [7, 11) is 1.54. The van der Waals surface area contributed by atoms with E-state index in [2.05, 4.69) is 15.6 Å². The number of methoxy groups -OCH3 is 1. The summed E-state index contributed by atoms with van der Waals surface area (Å²) in [5.41, 5.74) is 2.79. The number of aliphatic imine (C=N–C) groups is 1. The summed E-state index contributed by atoms with van der Waals surface area (Å²) >= 11 is 1.66. The van der Waals surface area contributed by atoms with E-state index in [0.717, 1.165) is 29.0 Å². The van der Waals surface area contributed by atoms with Crippen molar-refractivity contribution in [3.63, 3.8) is 0 Å². The van der Waals surface area contributed by atoms with Crippen LogP contribution in [0.3, 0.4) is 0 Å². The Morgan fingerprint density at radius 1 is 1.18 bits per heavy atom. The molecule has 152 valence electrons. The predicted octanol–water partition coefficient (Wildman–Crippen LogP) is 3.70. The average molecular weight is 406 g/mol. The van der Waals surface area contributed by atoms with E-state index >= 15 is 0 Å². The molecule has 0 atom stereocenters. The van der Waals surface area contributed by atoms with Crippen LogP contribution >= 0.6 is 11.8 Å². The number of rotatable bonds is 9. The minimum Gasteiger partial charge on any atom is -0.504 e. The first-order valence-corrected chi connectivity index (χ1v) is 10.6. The van der Waals surface area contributed by atoms with E-state index in [-0.39, 0.29) is 11.6 Å². The lowest BCUT2D eigenvalue weighted by atomic mass is 10.1. The zero-order chi connectivity index (χ0) is 20.4. The summed E-state index contributed by atoms with van der Waals surface area (Å²) in [5, 5.41) is 16.7. The van der Waals surface area contributed by atoms with Gasteiger partial charge in [-0.15, -0.1) is 0 Å². The Balaban J connectivity index is 2.01. The van der Waals surface area contributed by atoms with Crippen molar-refractivity contribution in [2.45, 2.75) is 25.6 Å². The fraction of sp³-hybridized carbons (Fsp3) is 0.381. The molecule has 5 nitrogen and oxygen atoms in total. The minimum atomic E-state index is -0.222. The molecule has 0 aliphatic heterocycles. The van der Waals surface area contributed by atoms with Crippen LogP contribution in [0, 0.1) is 5.82 Å². The zero-order valence-electron chi connectivity index (χ0n) is 16.6. The van der Waals surface area contributed by atoms with Crippen LogP contribution in [0.2, 0.25) is 0 Å². The number of phenols is 1. The zero-order valence-corrected chi connectivity index (χ0v) is 17.4. The number of halogens is 1. The van der Waals surface area contributed by atoms with E-state index in [1.54, 1.807) is 30.0 Å². The third-order valence-corrected chi connectivity index (χ3v) is 4.81. The number of hydrogen-bond acceptors (Lipinski definition) is 4. The number of hydrogen-bond donors (Lipinski definition) is 3. The predicted molar refractivity (Wildman–Crippen MR) is 115 cm³/mol. The van der Waals surface area contributed by atoms with Gasteiger partial charge < -0.3 is 20.5 Å². The lowest BCUT2D eigenvalue weighted by molar-refractivity contribution is 0.370. The summed E-state index contributed by atoms with van der Waals surface area (Å²) in [6, 6.07) is 10.3. The molecule has 0 aliphatic carbocycles. The highest BCUT2D eigenvalue weighted by Crippen LogP contribution is 2.29. The van der Waals surface area contributed by atoms with Crippen LogP contribution in [-0.4, -0.2) is 37.5 Å². The maximum Gasteiger partial charge on any atom is 0.191 e. The second-order valence-electron chi connectivity index (χ2n) is 6.19. The van der Waals surface area contributed by atoms with Crippen molar-refractivity contribution >= 4 is 17.7 Å². The Labute approximate surface area is 170 Å². The second kappa shape index (κ2) is 11.4. The largest absolute Gasteiger partial charge is 0.504 e. The first kappa shape index (κ1) is 21.9. The molecule has 28 heavy (non-hydrogen) atoms. The van der Waals surface area contributed by atoms with E-state index in [9.17, 15) is 9.50 Å². The molecule has 0 saturated heterocycles. The molecule has 2 aromatic carbocycles. The van der Waals surface area contributed by atoms with Crippen molar-refractivity contribution in [1.82, 2.24) is 10.6 Å². The van der Waals surface area contributed by atoms with Gasteiger partial charge in [0.15, 0.2) is 17.5 Å². The average Bonchev–Trinajstić information content (AvgIpc) is 2.68. The van der Waals surface area contributed by atoms with Gasteiger partial charge in [-0.25, -0.2) is 9.38 Å². The number of nitrogens with one attached hydrogen (secondary N) is 2. The molecule has 7 heteroatoms. The minimum absolute atomic E-state index is 0.168. The van der Waals surface area contributed by atoms with E-state index in [1.807, 2.05) is 25.3 Å². The summed E-state index contributed by atoms with van der Waals surface area (Å²) in [6.45, 7) is 3.81. The number of guanidine groups is 1. The van der Waals surface area contributed by atoms with Crippen LogP contribution < -0.4 is 15.4 Å². The van der Waals surface area contributed by atoms with Gasteiger partial charge in [0.05, 0.1) is 13.7 Å². The normalized spacial score (nSPS) is 11.4. The number of nitrogens with zero attached hydrogens (tertiary/aromatic N) is 1. The maximum atomic E-state index is 13.5. The van der Waals surface area contributed by atoms with E-state index in [0.29, 0.717) is 31.2 Å². The number of ether oxygens (including phenoxy) is 1.